The fourth-order valence-corrected chi connectivity index (χ4v) is 4.75. The molecule has 2 amide bonds. The molecule has 0 fully saturated rings. The molecule has 1 aromatic carbocycles. The molecule has 0 spiro atoms. The van der Waals surface area contributed by atoms with Crippen LogP contribution in [0.5, 0.6) is 5.75 Å². The number of anilines is 1. The zero-order chi connectivity index (χ0) is 31.0. The molecule has 14 heteroatoms. The quantitative estimate of drug-likeness (QED) is 0.461. The van der Waals surface area contributed by atoms with Crippen LogP contribution in [0.4, 0.5) is 18.9 Å². The molecule has 0 unspecified atom stereocenters. The van der Waals surface area contributed by atoms with Gasteiger partial charge >= 0.3 is 6.18 Å². The highest BCUT2D eigenvalue weighted by Crippen LogP contribution is 2.29. The number of likely N-dealkylation sites (N-methyl/N-ethyl adjacent to an activating group) is 1. The van der Waals surface area contributed by atoms with Crippen LogP contribution in [0, 0.1) is 5.92 Å². The molecular formula is C27H42F3N3O7S. The highest BCUT2D eigenvalue weighted by molar-refractivity contribution is 7.88. The number of carbonyl (C=O) groups is 2. The fraction of sp³-hybridized carbons (Fsp3) is 0.704. The number of carbonyl (C=O) groups excluding carboxylic acids is 2. The van der Waals surface area contributed by atoms with Gasteiger partial charge in [-0.3, -0.25) is 9.59 Å². The van der Waals surface area contributed by atoms with Crippen molar-refractivity contribution in [2.24, 2.45) is 5.92 Å². The van der Waals surface area contributed by atoms with Crippen LogP contribution in [0.2, 0.25) is 0 Å². The molecule has 0 aromatic heterocycles. The number of aliphatic hydroxyl groups is 1. The van der Waals surface area contributed by atoms with Gasteiger partial charge in [-0.25, -0.2) is 12.7 Å². The summed E-state index contributed by atoms with van der Waals surface area (Å²) in [6.45, 7) is 5.50. The molecule has 0 saturated carbocycles. The highest BCUT2D eigenvalue weighted by Gasteiger charge is 2.32. The molecule has 0 bridgehead atoms. The van der Waals surface area contributed by atoms with Gasteiger partial charge in [0.1, 0.15) is 5.75 Å². The average molecular weight is 610 g/mol. The minimum Gasteiger partial charge on any atom is -0.490 e. The van der Waals surface area contributed by atoms with Crippen LogP contribution >= 0.6 is 0 Å². The number of rotatable bonds is 8. The smallest absolute Gasteiger partial charge is 0.389 e. The predicted octanol–water partition coefficient (Wildman–Crippen LogP) is 3.65. The lowest BCUT2D eigenvalue weighted by molar-refractivity contribution is -0.142. The van der Waals surface area contributed by atoms with E-state index in [-0.39, 0.29) is 48.7 Å². The molecule has 41 heavy (non-hydrogen) atoms. The van der Waals surface area contributed by atoms with Crippen molar-refractivity contribution in [2.45, 2.75) is 77.3 Å². The summed E-state index contributed by atoms with van der Waals surface area (Å²) in [5, 5.41) is 12.4. The second-order valence-corrected chi connectivity index (χ2v) is 12.8. The van der Waals surface area contributed by atoms with Crippen molar-refractivity contribution in [1.82, 2.24) is 9.21 Å². The van der Waals surface area contributed by atoms with Crippen molar-refractivity contribution in [3.63, 3.8) is 0 Å². The number of aliphatic hydroxyl groups excluding tert-OH is 1. The number of ether oxygens (including phenoxy) is 2. The minimum absolute atomic E-state index is 0.0692. The van der Waals surface area contributed by atoms with Gasteiger partial charge in [-0.15, -0.1) is 0 Å². The number of halogens is 3. The first-order valence-corrected chi connectivity index (χ1v) is 15.5. The summed E-state index contributed by atoms with van der Waals surface area (Å²) in [7, 11) is -2.03. The van der Waals surface area contributed by atoms with Crippen molar-refractivity contribution in [3.05, 3.63) is 23.8 Å². The maximum absolute atomic E-state index is 14.0. The third-order valence-electron chi connectivity index (χ3n) is 6.97. The lowest BCUT2D eigenvalue weighted by Gasteiger charge is -2.35. The third-order valence-corrected chi connectivity index (χ3v) is 8.26. The van der Waals surface area contributed by atoms with Gasteiger partial charge in [-0.1, -0.05) is 6.92 Å². The molecule has 0 radical (unpaired) electrons. The third kappa shape index (κ3) is 11.4. The maximum Gasteiger partial charge on any atom is 0.389 e. The van der Waals surface area contributed by atoms with Gasteiger partial charge in [0, 0.05) is 44.8 Å². The van der Waals surface area contributed by atoms with E-state index < -0.39 is 53.0 Å². The Morgan fingerprint density at radius 1 is 1.27 bits per heavy atom. The largest absolute Gasteiger partial charge is 0.490 e. The minimum atomic E-state index is -4.48. The van der Waals surface area contributed by atoms with Gasteiger partial charge < -0.3 is 24.8 Å². The van der Waals surface area contributed by atoms with E-state index in [1.54, 1.807) is 6.92 Å². The molecular weight excluding hydrogens is 567 g/mol. The Hall–Kier alpha value is -2.42. The lowest BCUT2D eigenvalue weighted by atomic mass is 10.0. The molecule has 0 aliphatic carbocycles. The van der Waals surface area contributed by atoms with Gasteiger partial charge in [0.2, 0.25) is 15.9 Å². The number of hydrogen-bond acceptors (Lipinski definition) is 7. The Morgan fingerprint density at radius 2 is 1.95 bits per heavy atom. The first kappa shape index (κ1) is 34.8. The zero-order valence-corrected chi connectivity index (χ0v) is 25.1. The van der Waals surface area contributed by atoms with E-state index in [4.69, 9.17) is 9.47 Å². The molecule has 0 saturated heterocycles. The van der Waals surface area contributed by atoms with E-state index >= 15 is 0 Å². The number of hydrogen-bond donors (Lipinski definition) is 2. The number of benzene rings is 1. The van der Waals surface area contributed by atoms with Crippen LogP contribution in [-0.2, 0) is 19.6 Å². The molecule has 2 rings (SSSR count). The van der Waals surface area contributed by atoms with Crippen LogP contribution in [0.15, 0.2) is 18.2 Å². The van der Waals surface area contributed by atoms with Gasteiger partial charge in [-0.2, -0.15) is 13.2 Å². The Bertz CT molecular complexity index is 1130. The van der Waals surface area contributed by atoms with Crippen molar-refractivity contribution >= 4 is 27.5 Å². The first-order valence-electron chi connectivity index (χ1n) is 13.6. The van der Waals surface area contributed by atoms with Gasteiger partial charge in [-0.05, 0) is 51.3 Å². The highest BCUT2D eigenvalue weighted by atomic mass is 32.2. The van der Waals surface area contributed by atoms with E-state index in [0.29, 0.717) is 19.4 Å². The topological polar surface area (TPSA) is 125 Å². The molecule has 2 N–H and O–H groups in total. The molecule has 1 aromatic rings. The van der Waals surface area contributed by atoms with Crippen molar-refractivity contribution in [1.29, 1.82) is 0 Å². The second kappa shape index (κ2) is 15.2. The van der Waals surface area contributed by atoms with Crippen LogP contribution < -0.4 is 10.1 Å². The Morgan fingerprint density at radius 3 is 2.56 bits per heavy atom. The number of nitrogens with one attached hydrogen (secondary N) is 1. The summed E-state index contributed by atoms with van der Waals surface area (Å²) in [6, 6.07) is 3.66. The van der Waals surface area contributed by atoms with Crippen LogP contribution in [0.3, 0.4) is 0 Å². The number of nitrogens with zero attached hydrogens (tertiary/aromatic N) is 2. The fourth-order valence-electron chi connectivity index (χ4n) is 4.33. The van der Waals surface area contributed by atoms with E-state index in [9.17, 15) is 36.3 Å². The summed E-state index contributed by atoms with van der Waals surface area (Å²) >= 11 is 0. The summed E-state index contributed by atoms with van der Waals surface area (Å²) in [4.78, 5) is 27.6. The monoisotopic (exact) mass is 609 g/mol. The molecule has 1 heterocycles. The average Bonchev–Trinajstić information content (AvgIpc) is 2.88. The van der Waals surface area contributed by atoms with Crippen molar-refractivity contribution < 1.29 is 45.8 Å². The number of sulfonamides is 1. The Kier molecular flexibility index (Phi) is 12.9. The number of alkyl halides is 3. The van der Waals surface area contributed by atoms with E-state index in [1.165, 1.54) is 34.5 Å². The van der Waals surface area contributed by atoms with E-state index in [2.05, 4.69) is 5.32 Å². The van der Waals surface area contributed by atoms with Gasteiger partial charge in [0.25, 0.3) is 5.91 Å². The van der Waals surface area contributed by atoms with Crippen molar-refractivity contribution in [3.8, 4) is 5.75 Å². The van der Waals surface area contributed by atoms with E-state index in [1.807, 2.05) is 13.8 Å². The van der Waals surface area contributed by atoms with Crippen LogP contribution in [-0.4, -0.2) is 98.6 Å². The molecule has 1 aliphatic heterocycles. The van der Waals surface area contributed by atoms with Crippen LogP contribution in [0.1, 0.15) is 63.2 Å². The van der Waals surface area contributed by atoms with Gasteiger partial charge in [0.05, 0.1) is 43.1 Å². The maximum atomic E-state index is 14.0. The van der Waals surface area contributed by atoms with Crippen molar-refractivity contribution in [2.75, 3.05) is 44.9 Å². The predicted molar refractivity (Wildman–Crippen MR) is 148 cm³/mol. The molecule has 1 aliphatic rings. The molecule has 10 nitrogen and oxygen atoms in total. The molecule has 234 valence electrons. The summed E-state index contributed by atoms with van der Waals surface area (Å²) in [6.07, 6.45) is -4.20. The summed E-state index contributed by atoms with van der Waals surface area (Å²) in [5.74, 6) is -1.50. The first-order chi connectivity index (χ1) is 19.0. The zero-order valence-electron chi connectivity index (χ0n) is 24.2. The Labute approximate surface area is 240 Å². The second-order valence-electron chi connectivity index (χ2n) is 10.7. The number of fused-ring (bicyclic) bond motifs is 1. The summed E-state index contributed by atoms with van der Waals surface area (Å²) < 4.78 is 75.3. The Balaban J connectivity index is 2.46. The molecule has 4 atom stereocenters. The standard InChI is InChI=1S/C27H42F3N3O7S/c1-18-15-33(19(2)17-34)26(36)22-14-21(31-25(35)11-12-27(28,29)30)9-10-23(22)40-20(3)8-6-7-13-39-24(18)16-32(4)41(5,37)38/h9-10,14,18-20,24,34H,6-8,11-13,15-17H2,1-5H3,(H,31,35)/t18-,19+,20-,24+/m1/s1. The van der Waals surface area contributed by atoms with Crippen LogP contribution in [0.25, 0.3) is 0 Å². The normalized spacial score (nSPS) is 22.4. The lowest BCUT2D eigenvalue weighted by Crippen LogP contribution is -2.47. The number of amides is 2. The van der Waals surface area contributed by atoms with E-state index in [0.717, 1.165) is 12.7 Å². The van der Waals surface area contributed by atoms with Gasteiger partial charge in [0.15, 0.2) is 0 Å². The summed E-state index contributed by atoms with van der Waals surface area (Å²) in [5.41, 5.74) is 0.197. The SMILES string of the molecule is C[C@@H]1CCCCO[C@@H](CN(C)S(C)(=O)=O)[C@H](C)CN([C@@H](C)CO)C(=O)c2cc(NC(=O)CCC(F)(F)F)ccc2O1.